The molecule has 0 saturated heterocycles. The van der Waals surface area contributed by atoms with Crippen molar-refractivity contribution in [1.82, 2.24) is 5.32 Å². The molecule has 0 atom stereocenters. The highest BCUT2D eigenvalue weighted by Crippen LogP contribution is 2.24. The summed E-state index contributed by atoms with van der Waals surface area (Å²) in [7, 11) is 3.25. The first-order chi connectivity index (χ1) is 10.6. The number of carbonyl (C=O) groups excluding carboxylic acids is 1. The average molecular weight is 340 g/mol. The highest BCUT2D eigenvalue weighted by Gasteiger charge is 2.08. The van der Waals surface area contributed by atoms with Gasteiger partial charge in [-0.15, -0.1) is 11.3 Å². The van der Waals surface area contributed by atoms with Crippen LogP contribution in [0.15, 0.2) is 30.3 Å². The highest BCUT2D eigenvalue weighted by atomic mass is 35.5. The summed E-state index contributed by atoms with van der Waals surface area (Å²) in [5.74, 6) is 1.55. The van der Waals surface area contributed by atoms with Gasteiger partial charge in [0.05, 0.1) is 25.0 Å². The molecule has 1 heterocycles. The standard InChI is InChI=1S/C16H18ClNO3S/c1-20-12-3-5-14(21-2)11(9-12)7-8-18-16(19)10-13-4-6-15(17)22-13/h3-6,9H,7-8,10H2,1-2H3,(H,18,19). The molecule has 1 aromatic carbocycles. The number of halogens is 1. The Hall–Kier alpha value is -1.72. The van der Waals surface area contributed by atoms with Crippen molar-refractivity contribution in [3.8, 4) is 11.5 Å². The minimum atomic E-state index is -0.0135. The fourth-order valence-electron chi connectivity index (χ4n) is 2.08. The van der Waals surface area contributed by atoms with Gasteiger partial charge in [-0.2, -0.15) is 0 Å². The molecule has 0 unspecified atom stereocenters. The second kappa shape index (κ2) is 8.06. The molecule has 0 radical (unpaired) electrons. The Kier molecular flexibility index (Phi) is 6.10. The van der Waals surface area contributed by atoms with E-state index in [1.54, 1.807) is 20.3 Å². The monoisotopic (exact) mass is 339 g/mol. The smallest absolute Gasteiger partial charge is 0.225 e. The molecule has 0 fully saturated rings. The van der Waals surface area contributed by atoms with Crippen LogP contribution in [0.1, 0.15) is 10.4 Å². The van der Waals surface area contributed by atoms with Gasteiger partial charge >= 0.3 is 0 Å². The Morgan fingerprint density at radius 3 is 2.68 bits per heavy atom. The Morgan fingerprint density at radius 1 is 1.23 bits per heavy atom. The largest absolute Gasteiger partial charge is 0.497 e. The van der Waals surface area contributed by atoms with E-state index in [4.69, 9.17) is 21.1 Å². The Morgan fingerprint density at radius 2 is 2.05 bits per heavy atom. The van der Waals surface area contributed by atoms with Crippen molar-refractivity contribution < 1.29 is 14.3 Å². The molecule has 2 rings (SSSR count). The third kappa shape index (κ3) is 4.64. The Bertz CT molecular complexity index is 642. The molecule has 22 heavy (non-hydrogen) atoms. The zero-order valence-corrected chi connectivity index (χ0v) is 14.1. The van der Waals surface area contributed by atoms with Crippen molar-refractivity contribution >= 4 is 28.8 Å². The van der Waals surface area contributed by atoms with E-state index in [2.05, 4.69) is 5.32 Å². The SMILES string of the molecule is COc1ccc(OC)c(CCNC(=O)Cc2ccc(Cl)s2)c1. The molecule has 0 aliphatic heterocycles. The molecule has 0 aliphatic rings. The second-order valence-corrected chi connectivity index (χ2v) is 6.46. The highest BCUT2D eigenvalue weighted by molar-refractivity contribution is 7.16. The summed E-state index contributed by atoms with van der Waals surface area (Å²) in [6.07, 6.45) is 1.03. The number of thiophene rings is 1. The fraction of sp³-hybridized carbons (Fsp3) is 0.312. The quantitative estimate of drug-likeness (QED) is 0.841. The Labute approximate surface area is 139 Å². The molecule has 0 bridgehead atoms. The summed E-state index contributed by atoms with van der Waals surface area (Å²) < 4.78 is 11.2. The normalized spacial score (nSPS) is 10.3. The Balaban J connectivity index is 1.86. The van der Waals surface area contributed by atoms with E-state index < -0.39 is 0 Å². The maximum absolute atomic E-state index is 11.9. The lowest BCUT2D eigenvalue weighted by atomic mass is 10.1. The lowest BCUT2D eigenvalue weighted by Gasteiger charge is -2.11. The second-order valence-electron chi connectivity index (χ2n) is 4.66. The number of carbonyl (C=O) groups is 1. The lowest BCUT2D eigenvalue weighted by Crippen LogP contribution is -2.27. The van der Waals surface area contributed by atoms with Gasteiger partial charge in [-0.3, -0.25) is 4.79 Å². The number of nitrogens with one attached hydrogen (secondary N) is 1. The summed E-state index contributed by atoms with van der Waals surface area (Å²) in [6.45, 7) is 0.543. The maximum atomic E-state index is 11.9. The van der Waals surface area contributed by atoms with Crippen LogP contribution in [0.2, 0.25) is 4.34 Å². The van der Waals surface area contributed by atoms with Gasteiger partial charge in [0.2, 0.25) is 5.91 Å². The van der Waals surface area contributed by atoms with Crippen LogP contribution in [-0.2, 0) is 17.6 Å². The molecule has 0 spiro atoms. The van der Waals surface area contributed by atoms with Crippen LogP contribution in [0.5, 0.6) is 11.5 Å². The third-order valence-corrected chi connectivity index (χ3v) is 4.40. The predicted octanol–water partition coefficient (Wildman–Crippen LogP) is 3.32. The predicted molar refractivity (Wildman–Crippen MR) is 89.3 cm³/mol. The summed E-state index contributed by atoms with van der Waals surface area (Å²) in [6, 6.07) is 9.31. The number of amides is 1. The maximum Gasteiger partial charge on any atom is 0.225 e. The number of hydrogen-bond acceptors (Lipinski definition) is 4. The number of hydrogen-bond donors (Lipinski definition) is 1. The first-order valence-electron chi connectivity index (χ1n) is 6.84. The van der Waals surface area contributed by atoms with Gasteiger partial charge in [-0.25, -0.2) is 0 Å². The summed E-state index contributed by atoms with van der Waals surface area (Å²) in [4.78, 5) is 12.8. The average Bonchev–Trinajstić information content (AvgIpc) is 2.92. The first-order valence-corrected chi connectivity index (χ1v) is 8.03. The van der Waals surface area contributed by atoms with Crippen molar-refractivity contribution in [3.63, 3.8) is 0 Å². The number of ether oxygens (including phenoxy) is 2. The van der Waals surface area contributed by atoms with Gasteiger partial charge in [-0.1, -0.05) is 11.6 Å². The zero-order valence-electron chi connectivity index (χ0n) is 12.5. The summed E-state index contributed by atoms with van der Waals surface area (Å²) in [5.41, 5.74) is 1.00. The van der Waals surface area contributed by atoms with Gasteiger partial charge in [-0.05, 0) is 42.3 Å². The topological polar surface area (TPSA) is 47.6 Å². The van der Waals surface area contributed by atoms with E-state index in [0.29, 0.717) is 23.7 Å². The molecule has 1 amide bonds. The lowest BCUT2D eigenvalue weighted by molar-refractivity contribution is -0.120. The molecular formula is C16H18ClNO3S. The van der Waals surface area contributed by atoms with Crippen molar-refractivity contribution in [2.24, 2.45) is 0 Å². The van der Waals surface area contributed by atoms with Gasteiger partial charge in [0.1, 0.15) is 11.5 Å². The van der Waals surface area contributed by atoms with Crippen LogP contribution in [0, 0.1) is 0 Å². The van der Waals surface area contributed by atoms with Crippen LogP contribution >= 0.6 is 22.9 Å². The molecule has 118 valence electrons. The third-order valence-electron chi connectivity index (χ3n) is 3.17. The molecule has 1 aromatic heterocycles. The number of methoxy groups -OCH3 is 2. The summed E-state index contributed by atoms with van der Waals surface area (Å²) >= 11 is 7.28. The summed E-state index contributed by atoms with van der Waals surface area (Å²) in [5, 5.41) is 2.91. The zero-order chi connectivity index (χ0) is 15.9. The fourth-order valence-corrected chi connectivity index (χ4v) is 3.17. The van der Waals surface area contributed by atoms with Gasteiger partial charge in [0.25, 0.3) is 0 Å². The van der Waals surface area contributed by atoms with Crippen molar-refractivity contribution in [2.75, 3.05) is 20.8 Å². The van der Waals surface area contributed by atoms with E-state index in [0.717, 1.165) is 21.9 Å². The van der Waals surface area contributed by atoms with Crippen LogP contribution in [0.25, 0.3) is 0 Å². The van der Waals surface area contributed by atoms with Crippen LogP contribution in [0.3, 0.4) is 0 Å². The molecule has 4 nitrogen and oxygen atoms in total. The minimum Gasteiger partial charge on any atom is -0.497 e. The van der Waals surface area contributed by atoms with E-state index in [9.17, 15) is 4.79 Å². The van der Waals surface area contributed by atoms with E-state index in [-0.39, 0.29) is 5.91 Å². The van der Waals surface area contributed by atoms with E-state index >= 15 is 0 Å². The minimum absolute atomic E-state index is 0.0135. The van der Waals surface area contributed by atoms with Gasteiger partial charge < -0.3 is 14.8 Å². The van der Waals surface area contributed by atoms with Crippen LogP contribution in [0.4, 0.5) is 0 Å². The van der Waals surface area contributed by atoms with E-state index in [1.807, 2.05) is 24.3 Å². The number of benzene rings is 1. The van der Waals surface area contributed by atoms with E-state index in [1.165, 1.54) is 11.3 Å². The van der Waals surface area contributed by atoms with Crippen molar-refractivity contribution in [2.45, 2.75) is 12.8 Å². The van der Waals surface area contributed by atoms with Crippen molar-refractivity contribution in [3.05, 3.63) is 45.1 Å². The molecule has 6 heteroatoms. The van der Waals surface area contributed by atoms with Gasteiger partial charge in [0, 0.05) is 11.4 Å². The first kappa shape index (κ1) is 16.6. The molecule has 0 saturated carbocycles. The van der Waals surface area contributed by atoms with Crippen molar-refractivity contribution in [1.29, 1.82) is 0 Å². The van der Waals surface area contributed by atoms with Crippen LogP contribution in [-0.4, -0.2) is 26.7 Å². The molecule has 0 aliphatic carbocycles. The van der Waals surface area contributed by atoms with Crippen LogP contribution < -0.4 is 14.8 Å². The number of rotatable bonds is 7. The molecular weight excluding hydrogens is 322 g/mol. The van der Waals surface area contributed by atoms with Gasteiger partial charge in [0.15, 0.2) is 0 Å². The molecule has 2 aromatic rings. The molecule has 1 N–H and O–H groups in total.